The Kier molecular flexibility index (Phi) is 7.62. The molecule has 0 radical (unpaired) electrons. The molecule has 7 heteroatoms. The second-order valence-corrected chi connectivity index (χ2v) is 11.7. The van der Waals surface area contributed by atoms with Gasteiger partial charge in [-0.1, -0.05) is 48.9 Å². The Balaban J connectivity index is 1.40. The van der Waals surface area contributed by atoms with Crippen molar-refractivity contribution in [3.63, 3.8) is 0 Å². The second kappa shape index (κ2) is 10.5. The smallest absolute Gasteiger partial charge is 0.178 e. The molecule has 0 aliphatic heterocycles. The summed E-state index contributed by atoms with van der Waals surface area (Å²) in [5, 5.41) is 0.0952. The highest BCUT2D eigenvalue weighted by Crippen LogP contribution is 2.43. The molecule has 184 valence electrons. The second-order valence-electron chi connectivity index (χ2n) is 9.02. The van der Waals surface area contributed by atoms with Crippen molar-refractivity contribution in [2.75, 3.05) is 5.75 Å². The zero-order valence-electron chi connectivity index (χ0n) is 19.6. The molecule has 0 unspecified atom stereocenters. The predicted molar refractivity (Wildman–Crippen MR) is 135 cm³/mol. The number of hydrogen-bond acceptors (Lipinski definition) is 4. The lowest BCUT2D eigenvalue weighted by molar-refractivity contribution is -0.117. The lowest BCUT2D eigenvalue weighted by Crippen LogP contribution is -2.29. The maximum atomic E-state index is 14.1. The van der Waals surface area contributed by atoms with E-state index in [1.54, 1.807) is 37.3 Å². The molecule has 1 aliphatic rings. The molecule has 0 N–H and O–H groups in total. The van der Waals surface area contributed by atoms with Crippen LogP contribution in [-0.2, 0) is 33.1 Å². The van der Waals surface area contributed by atoms with Crippen molar-refractivity contribution in [1.82, 2.24) is 0 Å². The summed E-state index contributed by atoms with van der Waals surface area (Å²) in [7, 11) is -3.25. The normalized spacial score (nSPS) is 15.2. The monoisotopic (exact) mass is 514 g/mol. The van der Waals surface area contributed by atoms with E-state index in [9.17, 15) is 17.6 Å². The molecule has 1 fully saturated rings. The Hall–Kier alpha value is -2.70. The van der Waals surface area contributed by atoms with Crippen LogP contribution in [0.3, 0.4) is 0 Å². The van der Waals surface area contributed by atoms with E-state index < -0.39 is 21.3 Å². The largest absolute Gasteiger partial charge is 0.483 e. The first-order valence-corrected chi connectivity index (χ1v) is 13.8. The molecule has 1 aliphatic carbocycles. The van der Waals surface area contributed by atoms with E-state index in [0.29, 0.717) is 5.75 Å². The van der Waals surface area contributed by atoms with E-state index in [-0.39, 0.29) is 34.3 Å². The summed E-state index contributed by atoms with van der Waals surface area (Å²) in [6, 6.07) is 18.8. The third-order valence-electron chi connectivity index (χ3n) is 6.56. The van der Waals surface area contributed by atoms with E-state index in [1.807, 2.05) is 30.3 Å². The van der Waals surface area contributed by atoms with Crippen molar-refractivity contribution >= 4 is 27.2 Å². The zero-order valence-corrected chi connectivity index (χ0v) is 21.2. The number of hydrogen-bond donors (Lipinski definition) is 0. The van der Waals surface area contributed by atoms with Crippen molar-refractivity contribution in [2.24, 2.45) is 0 Å². The van der Waals surface area contributed by atoms with Gasteiger partial charge in [-0.05, 0) is 78.8 Å². The van der Waals surface area contributed by atoms with Crippen LogP contribution in [0.1, 0.15) is 49.3 Å². The van der Waals surface area contributed by atoms with E-state index in [1.165, 1.54) is 6.07 Å². The van der Waals surface area contributed by atoms with Crippen LogP contribution < -0.4 is 4.74 Å². The van der Waals surface area contributed by atoms with Gasteiger partial charge in [-0.2, -0.15) is 0 Å². The molecule has 0 atom stereocenters. The Labute approximate surface area is 211 Å². The minimum absolute atomic E-state index is 0.0358. The number of ketones is 1. The van der Waals surface area contributed by atoms with Gasteiger partial charge in [0.25, 0.3) is 0 Å². The van der Waals surface area contributed by atoms with Gasteiger partial charge in [0.2, 0.25) is 0 Å². The van der Waals surface area contributed by atoms with Crippen molar-refractivity contribution in [2.45, 2.75) is 55.9 Å². The summed E-state index contributed by atoms with van der Waals surface area (Å²) in [4.78, 5) is 12.9. The first kappa shape index (κ1) is 25.4. The molecule has 1 saturated carbocycles. The summed E-state index contributed by atoms with van der Waals surface area (Å²) < 4.78 is 44.4. The zero-order chi connectivity index (χ0) is 25.1. The molecule has 0 spiro atoms. The minimum atomic E-state index is -3.25. The van der Waals surface area contributed by atoms with Gasteiger partial charge in [-0.3, -0.25) is 4.79 Å². The van der Waals surface area contributed by atoms with Crippen LogP contribution in [0.15, 0.2) is 71.6 Å². The molecule has 0 saturated heterocycles. The fourth-order valence-electron chi connectivity index (χ4n) is 4.58. The third-order valence-corrected chi connectivity index (χ3v) is 8.62. The quantitative estimate of drug-likeness (QED) is 0.328. The van der Waals surface area contributed by atoms with Crippen LogP contribution >= 0.6 is 11.6 Å². The number of sulfone groups is 1. The van der Waals surface area contributed by atoms with Crippen molar-refractivity contribution in [3.8, 4) is 5.75 Å². The van der Waals surface area contributed by atoms with Gasteiger partial charge >= 0.3 is 0 Å². The topological polar surface area (TPSA) is 60.4 Å². The van der Waals surface area contributed by atoms with Crippen molar-refractivity contribution < 1.29 is 22.3 Å². The molecule has 0 heterocycles. The van der Waals surface area contributed by atoms with Gasteiger partial charge in [0.15, 0.2) is 9.84 Å². The van der Waals surface area contributed by atoms with Crippen LogP contribution in [0.2, 0.25) is 5.02 Å². The molecule has 4 nitrogen and oxygen atoms in total. The first-order chi connectivity index (χ1) is 16.7. The van der Waals surface area contributed by atoms with E-state index in [2.05, 4.69) is 0 Å². The maximum absolute atomic E-state index is 14.1. The molecular weight excluding hydrogens is 487 g/mol. The van der Waals surface area contributed by atoms with E-state index in [0.717, 1.165) is 42.4 Å². The van der Waals surface area contributed by atoms with Crippen LogP contribution in [0.5, 0.6) is 5.75 Å². The molecule has 0 aromatic heterocycles. The summed E-state index contributed by atoms with van der Waals surface area (Å²) in [5.41, 5.74) is 1.85. The highest BCUT2D eigenvalue weighted by atomic mass is 35.5. The summed E-state index contributed by atoms with van der Waals surface area (Å²) in [6.45, 7) is 1.61. The number of halogens is 2. The number of carbonyl (C=O) groups is 1. The number of Topliss-reactive ketones (excluding diaryl/α,β-unsaturated/α-hetero) is 1. The Morgan fingerprint density at radius 3 is 2.06 bits per heavy atom. The molecule has 3 aromatic carbocycles. The number of benzene rings is 3. The SMILES string of the molecule is CCS(=O)(=O)c1ccc(CC(=O)Cc2ccc(OC3(c4ccc(Cl)c(F)c4)CCCC3)cc2)cc1. The molecule has 3 aromatic rings. The minimum Gasteiger partial charge on any atom is -0.483 e. The van der Waals surface area contributed by atoms with Crippen LogP contribution in [-0.4, -0.2) is 20.0 Å². The lowest BCUT2D eigenvalue weighted by Gasteiger charge is -2.31. The Morgan fingerprint density at radius 1 is 0.943 bits per heavy atom. The fraction of sp³-hybridized carbons (Fsp3) is 0.321. The van der Waals surface area contributed by atoms with Crippen molar-refractivity contribution in [1.29, 1.82) is 0 Å². The first-order valence-electron chi connectivity index (χ1n) is 11.8. The van der Waals surface area contributed by atoms with Gasteiger partial charge in [0.05, 0.1) is 15.7 Å². The molecular formula is C28H28ClFO4S. The standard InChI is InChI=1S/C28H28ClFO4S/c1-2-35(32,33)25-12-7-21(8-13-25)18-23(31)17-20-5-10-24(11-6-20)34-28(15-3-4-16-28)22-9-14-26(29)27(30)19-22/h5-14,19H,2-4,15-18H2,1H3. The summed E-state index contributed by atoms with van der Waals surface area (Å²) in [6.07, 6.45) is 4.10. The van der Waals surface area contributed by atoms with Gasteiger partial charge in [-0.25, -0.2) is 12.8 Å². The number of rotatable bonds is 9. The Bertz CT molecular complexity index is 1300. The van der Waals surface area contributed by atoms with Crippen LogP contribution in [0, 0.1) is 5.82 Å². The average Bonchev–Trinajstić information content (AvgIpc) is 3.32. The fourth-order valence-corrected chi connectivity index (χ4v) is 5.58. The number of ether oxygens (including phenoxy) is 1. The van der Waals surface area contributed by atoms with E-state index in [4.69, 9.17) is 16.3 Å². The van der Waals surface area contributed by atoms with E-state index >= 15 is 0 Å². The van der Waals surface area contributed by atoms with Gasteiger partial charge in [0, 0.05) is 12.8 Å². The average molecular weight is 515 g/mol. The third kappa shape index (κ3) is 5.93. The molecule has 0 amide bonds. The predicted octanol–water partition coefficient (Wildman–Crippen LogP) is 6.48. The summed E-state index contributed by atoms with van der Waals surface area (Å²) >= 11 is 5.87. The van der Waals surface area contributed by atoms with Crippen LogP contribution in [0.25, 0.3) is 0 Å². The lowest BCUT2D eigenvalue weighted by atomic mass is 9.91. The van der Waals surface area contributed by atoms with Gasteiger partial charge in [-0.15, -0.1) is 0 Å². The van der Waals surface area contributed by atoms with Gasteiger partial charge in [0.1, 0.15) is 23.0 Å². The van der Waals surface area contributed by atoms with Crippen LogP contribution in [0.4, 0.5) is 4.39 Å². The molecule has 4 rings (SSSR count). The summed E-state index contributed by atoms with van der Waals surface area (Å²) in [5.74, 6) is 0.303. The Morgan fingerprint density at radius 2 is 1.51 bits per heavy atom. The molecule has 35 heavy (non-hydrogen) atoms. The maximum Gasteiger partial charge on any atom is 0.178 e. The van der Waals surface area contributed by atoms with Gasteiger partial charge < -0.3 is 4.74 Å². The highest BCUT2D eigenvalue weighted by Gasteiger charge is 2.38. The van der Waals surface area contributed by atoms with Crippen molar-refractivity contribution in [3.05, 3.63) is 94.3 Å². The highest BCUT2D eigenvalue weighted by molar-refractivity contribution is 7.91. The molecule has 0 bridgehead atoms. The number of carbonyl (C=O) groups excluding carboxylic acids is 1.